The summed E-state index contributed by atoms with van der Waals surface area (Å²) in [5, 5.41) is 2.60. The van der Waals surface area contributed by atoms with Crippen LogP contribution in [0.15, 0.2) is 18.3 Å². The van der Waals surface area contributed by atoms with Crippen LogP contribution in [0.5, 0.6) is 5.75 Å². The summed E-state index contributed by atoms with van der Waals surface area (Å²) in [6, 6.07) is 3.42. The van der Waals surface area contributed by atoms with Gasteiger partial charge in [0.15, 0.2) is 18.2 Å². The Hall–Kier alpha value is -1.57. The minimum atomic E-state index is -0.288. The molecular formula is C11H16Cl2N4O3. The highest BCUT2D eigenvalue weighted by molar-refractivity contribution is 6.01. The minimum absolute atomic E-state index is 0. The summed E-state index contributed by atoms with van der Waals surface area (Å²) >= 11 is 0. The standard InChI is InChI=1S/C11H14N4O3.2ClH/c12-3-5-13-9(16)6-15-10(17)7-18-8-2-1-4-14-11(8)15;;/h1-2,4H,3,5-7,12H2,(H,13,16);2*1H. The van der Waals surface area contributed by atoms with E-state index in [4.69, 9.17) is 10.5 Å². The Bertz CT molecular complexity index is 473. The lowest BCUT2D eigenvalue weighted by atomic mass is 10.3. The van der Waals surface area contributed by atoms with Crippen molar-refractivity contribution in [2.75, 3.05) is 31.1 Å². The lowest BCUT2D eigenvalue weighted by Crippen LogP contribution is -2.46. The van der Waals surface area contributed by atoms with E-state index in [1.54, 1.807) is 18.3 Å². The van der Waals surface area contributed by atoms with Crippen LogP contribution in [0.4, 0.5) is 5.82 Å². The molecule has 2 heterocycles. The number of hydrogen-bond acceptors (Lipinski definition) is 5. The van der Waals surface area contributed by atoms with Gasteiger partial charge < -0.3 is 15.8 Å². The van der Waals surface area contributed by atoms with E-state index in [1.165, 1.54) is 4.90 Å². The lowest BCUT2D eigenvalue weighted by molar-refractivity contribution is -0.125. The van der Waals surface area contributed by atoms with Crippen molar-refractivity contribution in [3.8, 4) is 5.75 Å². The number of carbonyl (C=O) groups excluding carboxylic acids is 2. The largest absolute Gasteiger partial charge is 0.480 e. The van der Waals surface area contributed by atoms with Crippen LogP contribution in [0.1, 0.15) is 0 Å². The zero-order valence-electron chi connectivity index (χ0n) is 10.6. The molecule has 0 radical (unpaired) electrons. The molecule has 2 amide bonds. The molecular weight excluding hydrogens is 307 g/mol. The molecule has 0 bridgehead atoms. The van der Waals surface area contributed by atoms with Gasteiger partial charge in [-0.25, -0.2) is 4.98 Å². The van der Waals surface area contributed by atoms with Gasteiger partial charge in [0.05, 0.1) is 0 Å². The number of nitrogens with zero attached hydrogens (tertiary/aromatic N) is 2. The van der Waals surface area contributed by atoms with Gasteiger partial charge >= 0.3 is 0 Å². The number of nitrogens with two attached hydrogens (primary N) is 1. The molecule has 0 atom stereocenters. The minimum Gasteiger partial charge on any atom is -0.480 e. The van der Waals surface area contributed by atoms with Crippen LogP contribution in [0.25, 0.3) is 0 Å². The Morgan fingerprint density at radius 1 is 1.50 bits per heavy atom. The Kier molecular flexibility index (Phi) is 7.90. The number of carbonyl (C=O) groups is 2. The molecule has 0 fully saturated rings. The van der Waals surface area contributed by atoms with Crippen LogP contribution < -0.4 is 20.7 Å². The molecule has 1 aromatic rings. The van der Waals surface area contributed by atoms with E-state index in [1.807, 2.05) is 0 Å². The van der Waals surface area contributed by atoms with Crippen LogP contribution in [0.2, 0.25) is 0 Å². The second-order valence-electron chi connectivity index (χ2n) is 3.73. The Morgan fingerprint density at radius 2 is 2.25 bits per heavy atom. The van der Waals surface area contributed by atoms with E-state index in [0.717, 1.165) is 0 Å². The first-order valence-corrected chi connectivity index (χ1v) is 5.57. The molecule has 20 heavy (non-hydrogen) atoms. The molecule has 0 spiro atoms. The Morgan fingerprint density at radius 3 is 2.95 bits per heavy atom. The number of rotatable bonds is 4. The highest BCUT2D eigenvalue weighted by Crippen LogP contribution is 2.28. The zero-order valence-corrected chi connectivity index (χ0v) is 12.2. The fraction of sp³-hybridized carbons (Fsp3) is 0.364. The van der Waals surface area contributed by atoms with Crippen molar-refractivity contribution in [1.82, 2.24) is 10.3 Å². The SMILES string of the molecule is Cl.Cl.NCCNC(=O)CN1C(=O)COc2cccnc21. The van der Waals surface area contributed by atoms with Gasteiger partial charge in [-0.1, -0.05) is 0 Å². The molecule has 0 aromatic carbocycles. The predicted octanol–water partition coefficient (Wildman–Crippen LogP) is -0.274. The van der Waals surface area contributed by atoms with Crippen LogP contribution in [0.3, 0.4) is 0 Å². The third kappa shape index (κ3) is 4.22. The zero-order chi connectivity index (χ0) is 13.0. The Labute approximate surface area is 128 Å². The quantitative estimate of drug-likeness (QED) is 0.795. The fourth-order valence-corrected chi connectivity index (χ4v) is 1.61. The highest BCUT2D eigenvalue weighted by Gasteiger charge is 2.28. The van der Waals surface area contributed by atoms with E-state index in [2.05, 4.69) is 10.3 Å². The smallest absolute Gasteiger partial charge is 0.266 e. The van der Waals surface area contributed by atoms with E-state index in [-0.39, 0.29) is 49.8 Å². The number of pyridine rings is 1. The molecule has 0 saturated carbocycles. The number of hydrogen-bond donors (Lipinski definition) is 2. The molecule has 1 aliphatic rings. The topological polar surface area (TPSA) is 97.6 Å². The van der Waals surface area contributed by atoms with Crippen molar-refractivity contribution in [2.24, 2.45) is 5.73 Å². The van der Waals surface area contributed by atoms with Crippen LogP contribution in [-0.2, 0) is 9.59 Å². The summed E-state index contributed by atoms with van der Waals surface area (Å²) < 4.78 is 5.22. The van der Waals surface area contributed by atoms with E-state index >= 15 is 0 Å². The number of amides is 2. The lowest BCUT2D eigenvalue weighted by Gasteiger charge is -2.27. The van der Waals surface area contributed by atoms with E-state index in [9.17, 15) is 9.59 Å². The molecule has 9 heteroatoms. The predicted molar refractivity (Wildman–Crippen MR) is 78.6 cm³/mol. The second kappa shape index (κ2) is 8.57. The van der Waals surface area contributed by atoms with Gasteiger partial charge in [0, 0.05) is 19.3 Å². The van der Waals surface area contributed by atoms with E-state index < -0.39 is 0 Å². The fourth-order valence-electron chi connectivity index (χ4n) is 1.61. The van der Waals surface area contributed by atoms with Crippen LogP contribution in [-0.4, -0.2) is 43.0 Å². The molecule has 0 aliphatic carbocycles. The van der Waals surface area contributed by atoms with Crippen LogP contribution in [0, 0.1) is 0 Å². The number of fused-ring (bicyclic) bond motifs is 1. The molecule has 1 aromatic heterocycles. The summed E-state index contributed by atoms with van der Waals surface area (Å²) in [5.41, 5.74) is 5.29. The number of halogens is 2. The summed E-state index contributed by atoms with van der Waals surface area (Å²) in [5.74, 6) is 0.316. The first-order valence-electron chi connectivity index (χ1n) is 5.57. The van der Waals surface area contributed by atoms with Crippen molar-refractivity contribution in [2.45, 2.75) is 0 Å². The average Bonchev–Trinajstić information content (AvgIpc) is 2.40. The molecule has 1 aliphatic heterocycles. The molecule has 0 unspecified atom stereocenters. The summed E-state index contributed by atoms with van der Waals surface area (Å²) in [6.07, 6.45) is 1.55. The van der Waals surface area contributed by atoms with E-state index in [0.29, 0.717) is 24.7 Å². The van der Waals surface area contributed by atoms with Gasteiger partial charge in [-0.3, -0.25) is 14.5 Å². The van der Waals surface area contributed by atoms with Gasteiger partial charge in [0.25, 0.3) is 5.91 Å². The van der Waals surface area contributed by atoms with Crippen molar-refractivity contribution >= 4 is 42.4 Å². The molecule has 3 N–H and O–H groups in total. The summed E-state index contributed by atoms with van der Waals surface area (Å²) in [7, 11) is 0. The number of aromatic nitrogens is 1. The molecule has 7 nitrogen and oxygen atoms in total. The molecule has 0 saturated heterocycles. The number of anilines is 1. The first kappa shape index (κ1) is 18.4. The highest BCUT2D eigenvalue weighted by atomic mass is 35.5. The maximum Gasteiger partial charge on any atom is 0.266 e. The average molecular weight is 323 g/mol. The van der Waals surface area contributed by atoms with Crippen molar-refractivity contribution in [1.29, 1.82) is 0 Å². The van der Waals surface area contributed by atoms with Gasteiger partial charge in [-0.2, -0.15) is 0 Å². The van der Waals surface area contributed by atoms with Gasteiger partial charge in [0.1, 0.15) is 6.54 Å². The second-order valence-corrected chi connectivity index (χ2v) is 3.73. The third-order valence-electron chi connectivity index (χ3n) is 2.43. The van der Waals surface area contributed by atoms with Crippen molar-refractivity contribution in [3.05, 3.63) is 18.3 Å². The Balaban J connectivity index is 0.00000180. The van der Waals surface area contributed by atoms with Crippen molar-refractivity contribution < 1.29 is 14.3 Å². The van der Waals surface area contributed by atoms with Crippen molar-refractivity contribution in [3.63, 3.8) is 0 Å². The summed E-state index contributed by atoms with van der Waals surface area (Å²) in [6.45, 7) is 0.582. The van der Waals surface area contributed by atoms with Crippen LogP contribution >= 0.6 is 24.8 Å². The number of nitrogens with one attached hydrogen (secondary N) is 1. The third-order valence-corrected chi connectivity index (χ3v) is 2.43. The maximum absolute atomic E-state index is 11.7. The maximum atomic E-state index is 11.7. The normalized spacial score (nSPS) is 12.4. The number of ether oxygens (including phenoxy) is 1. The monoisotopic (exact) mass is 322 g/mol. The molecule has 112 valence electrons. The summed E-state index contributed by atoms with van der Waals surface area (Å²) in [4.78, 5) is 28.7. The first-order chi connectivity index (χ1) is 8.72. The molecule has 2 rings (SSSR count). The van der Waals surface area contributed by atoms with Gasteiger partial charge in [-0.05, 0) is 12.1 Å². The van der Waals surface area contributed by atoms with Gasteiger partial charge in [-0.15, -0.1) is 24.8 Å². The van der Waals surface area contributed by atoms with Gasteiger partial charge in [0.2, 0.25) is 5.91 Å².